The van der Waals surface area contributed by atoms with Crippen LogP contribution in [0.3, 0.4) is 0 Å². The molecular formula is C11H14O4. The highest BCUT2D eigenvalue weighted by Gasteiger charge is 2.26. The second-order valence-corrected chi connectivity index (χ2v) is 3.21. The minimum absolute atomic E-state index is 0.0631. The van der Waals surface area contributed by atoms with Gasteiger partial charge in [0.15, 0.2) is 6.29 Å². The number of hydrogen-bond donors (Lipinski definition) is 1. The van der Waals surface area contributed by atoms with Crippen molar-refractivity contribution in [3.63, 3.8) is 0 Å². The van der Waals surface area contributed by atoms with Crippen molar-refractivity contribution in [2.45, 2.75) is 31.5 Å². The summed E-state index contributed by atoms with van der Waals surface area (Å²) in [5.41, 5.74) is 0. The largest absolute Gasteiger partial charge is 0.515 e. The van der Waals surface area contributed by atoms with Crippen LogP contribution in [0.1, 0.15) is 6.92 Å². The van der Waals surface area contributed by atoms with Crippen LogP contribution in [0.25, 0.3) is 0 Å². The van der Waals surface area contributed by atoms with E-state index in [2.05, 4.69) is 0 Å². The smallest absolute Gasteiger partial charge is 0.250 e. The second-order valence-electron chi connectivity index (χ2n) is 3.21. The van der Waals surface area contributed by atoms with Gasteiger partial charge in [-0.05, 0) is 6.92 Å². The zero-order valence-corrected chi connectivity index (χ0v) is 8.45. The summed E-state index contributed by atoms with van der Waals surface area (Å²) in [6.07, 6.45) is 4.05. The van der Waals surface area contributed by atoms with E-state index in [0.717, 1.165) is 6.08 Å². The number of rotatable bonds is 5. The molecule has 0 aliphatic carbocycles. The molecular weight excluding hydrogens is 196 g/mol. The number of hydrogen-bond acceptors (Lipinski definition) is 4. The molecule has 1 rings (SSSR count). The first kappa shape index (κ1) is 12.0. The minimum Gasteiger partial charge on any atom is -0.515 e. The fourth-order valence-electron chi connectivity index (χ4n) is 1.16. The molecule has 0 bridgehead atoms. The van der Waals surface area contributed by atoms with E-state index < -0.39 is 18.5 Å². The molecule has 1 N–H and O–H groups in total. The molecule has 15 heavy (non-hydrogen) atoms. The number of ether oxygens (including phenoxy) is 2. The molecule has 1 aliphatic rings. The van der Waals surface area contributed by atoms with Crippen LogP contribution in [-0.4, -0.2) is 36.0 Å². The molecule has 0 aromatic heterocycles. The summed E-state index contributed by atoms with van der Waals surface area (Å²) in [4.78, 5) is 10.3. The molecule has 0 amide bonds. The van der Waals surface area contributed by atoms with Gasteiger partial charge < -0.3 is 26.0 Å². The molecule has 0 spiro atoms. The zero-order chi connectivity index (χ0) is 11.3. The molecule has 0 unspecified atom stereocenters. The first-order valence-corrected chi connectivity index (χ1v) is 4.68. The summed E-state index contributed by atoms with van der Waals surface area (Å²) in [6.45, 7) is 7.10. The summed E-state index contributed by atoms with van der Waals surface area (Å²) in [5.74, 6) is 0. The molecule has 0 aromatic carbocycles. The van der Waals surface area contributed by atoms with Crippen LogP contribution in [0.15, 0.2) is 18.2 Å². The number of carbonyl (C=O) groups excluding carboxylic acids is 1. The Kier molecular flexibility index (Phi) is 4.55. The monoisotopic (exact) mass is 210 g/mol. The van der Waals surface area contributed by atoms with Gasteiger partial charge in [-0.3, -0.25) is 0 Å². The van der Waals surface area contributed by atoms with Gasteiger partial charge in [-0.15, -0.1) is 0 Å². The molecule has 0 radical (unpaired) electrons. The molecule has 1 heterocycles. The number of aliphatic hydroxyl groups is 1. The fourth-order valence-corrected chi connectivity index (χ4v) is 1.16. The van der Waals surface area contributed by atoms with Crippen LogP contribution in [0.5, 0.6) is 0 Å². The van der Waals surface area contributed by atoms with Crippen molar-refractivity contribution in [1.29, 1.82) is 0 Å². The average molecular weight is 210 g/mol. The van der Waals surface area contributed by atoms with Crippen LogP contribution in [0.4, 0.5) is 0 Å². The van der Waals surface area contributed by atoms with E-state index in [1.54, 1.807) is 12.5 Å². The van der Waals surface area contributed by atoms with E-state index in [1.807, 2.05) is 13.0 Å². The number of carbonyl (C=O) groups is 1. The van der Waals surface area contributed by atoms with Crippen LogP contribution < -0.4 is 0 Å². The SMILES string of the molecule is [CH-]=C[C@H](O[C@H]1[CH+]C=C[C@@H](C)O1)[C@@H](O)C=O. The average Bonchev–Trinajstić information content (AvgIpc) is 2.25. The van der Waals surface area contributed by atoms with E-state index >= 15 is 0 Å². The summed E-state index contributed by atoms with van der Waals surface area (Å²) in [6, 6.07) is 0. The van der Waals surface area contributed by atoms with Crippen molar-refractivity contribution < 1.29 is 19.4 Å². The third-order valence-corrected chi connectivity index (χ3v) is 1.96. The quantitative estimate of drug-likeness (QED) is 0.528. The topological polar surface area (TPSA) is 55.8 Å². The Morgan fingerprint density at radius 2 is 2.47 bits per heavy atom. The van der Waals surface area contributed by atoms with E-state index in [4.69, 9.17) is 16.1 Å². The van der Waals surface area contributed by atoms with Gasteiger partial charge in [-0.2, -0.15) is 0 Å². The normalized spacial score (nSPS) is 28.9. The standard InChI is InChI=1S/C11H14O4/c1-3-10(9(13)7-12)15-11-6-4-5-8(2)14-11/h1,3-11,13H,2H3/t8-,9+,10+,11+/m1/s1. The number of aliphatic hydroxyl groups excluding tert-OH is 1. The Bertz CT molecular complexity index is 249. The first-order valence-electron chi connectivity index (χ1n) is 4.68. The van der Waals surface area contributed by atoms with Crippen molar-refractivity contribution >= 4 is 6.29 Å². The molecule has 4 heteroatoms. The molecule has 0 saturated heterocycles. The Morgan fingerprint density at radius 3 is 3.00 bits per heavy atom. The molecule has 0 aromatic rings. The molecule has 4 nitrogen and oxygen atoms in total. The first-order chi connectivity index (χ1) is 7.17. The summed E-state index contributed by atoms with van der Waals surface area (Å²) in [7, 11) is 0. The van der Waals surface area contributed by atoms with E-state index in [1.165, 1.54) is 0 Å². The molecule has 0 saturated carbocycles. The van der Waals surface area contributed by atoms with Gasteiger partial charge in [0.05, 0.1) is 24.7 Å². The van der Waals surface area contributed by atoms with Gasteiger partial charge >= 0.3 is 0 Å². The highest BCUT2D eigenvalue weighted by Crippen LogP contribution is 2.15. The maximum atomic E-state index is 10.3. The lowest BCUT2D eigenvalue weighted by Crippen LogP contribution is -2.35. The van der Waals surface area contributed by atoms with Crippen LogP contribution in [-0.2, 0) is 14.3 Å². The third kappa shape index (κ3) is 3.51. The lowest BCUT2D eigenvalue weighted by atomic mass is 10.2. The summed E-state index contributed by atoms with van der Waals surface area (Å²) in [5, 5.41) is 9.22. The zero-order valence-electron chi connectivity index (χ0n) is 8.45. The summed E-state index contributed by atoms with van der Waals surface area (Å²) < 4.78 is 10.6. The molecule has 0 fully saturated rings. The van der Waals surface area contributed by atoms with Gasteiger partial charge in [0.25, 0.3) is 0 Å². The van der Waals surface area contributed by atoms with Crippen LogP contribution >= 0.6 is 0 Å². The van der Waals surface area contributed by atoms with E-state index in [9.17, 15) is 9.90 Å². The van der Waals surface area contributed by atoms with Gasteiger partial charge in [0.1, 0.15) is 12.2 Å². The maximum Gasteiger partial charge on any atom is 0.250 e. The summed E-state index contributed by atoms with van der Waals surface area (Å²) >= 11 is 0. The molecule has 4 atom stereocenters. The number of aldehydes is 1. The highest BCUT2D eigenvalue weighted by molar-refractivity contribution is 5.57. The van der Waals surface area contributed by atoms with Crippen LogP contribution in [0, 0.1) is 13.0 Å². The van der Waals surface area contributed by atoms with Gasteiger partial charge in [-0.1, -0.05) is 0 Å². The van der Waals surface area contributed by atoms with Crippen molar-refractivity contribution in [2.24, 2.45) is 0 Å². The lowest BCUT2D eigenvalue weighted by molar-refractivity contribution is -0.174. The van der Waals surface area contributed by atoms with Crippen molar-refractivity contribution in [3.8, 4) is 0 Å². The second kappa shape index (κ2) is 5.70. The van der Waals surface area contributed by atoms with Gasteiger partial charge in [-0.25, -0.2) is 6.08 Å². The Labute approximate surface area is 89.2 Å². The third-order valence-electron chi connectivity index (χ3n) is 1.96. The van der Waals surface area contributed by atoms with E-state index in [-0.39, 0.29) is 6.10 Å². The minimum atomic E-state index is -1.27. The fraction of sp³-hybridized carbons (Fsp3) is 0.455. The predicted octanol–water partition coefficient (Wildman–Crippen LogP) is 0.426. The predicted molar refractivity (Wildman–Crippen MR) is 53.6 cm³/mol. The Hall–Kier alpha value is -1.10. The Morgan fingerprint density at radius 1 is 1.73 bits per heavy atom. The van der Waals surface area contributed by atoms with Crippen molar-refractivity contribution in [3.05, 3.63) is 31.2 Å². The van der Waals surface area contributed by atoms with Gasteiger partial charge in [0, 0.05) is 0 Å². The van der Waals surface area contributed by atoms with Gasteiger partial charge in [0.2, 0.25) is 6.29 Å². The lowest BCUT2D eigenvalue weighted by Gasteiger charge is -2.24. The Balaban J connectivity index is 2.48. The molecule has 82 valence electrons. The van der Waals surface area contributed by atoms with Crippen molar-refractivity contribution in [2.75, 3.05) is 0 Å². The highest BCUT2D eigenvalue weighted by atomic mass is 16.7. The maximum absolute atomic E-state index is 10.3. The van der Waals surface area contributed by atoms with E-state index in [0.29, 0.717) is 6.29 Å². The molecule has 1 aliphatic heterocycles. The van der Waals surface area contributed by atoms with Crippen LogP contribution in [0.2, 0.25) is 0 Å². The van der Waals surface area contributed by atoms with Crippen molar-refractivity contribution in [1.82, 2.24) is 0 Å².